The Morgan fingerprint density at radius 1 is 1.21 bits per heavy atom. The quantitative estimate of drug-likeness (QED) is 0.913. The maximum Gasteiger partial charge on any atom is 0.0705 e. The van der Waals surface area contributed by atoms with Crippen molar-refractivity contribution in [1.29, 1.82) is 0 Å². The van der Waals surface area contributed by atoms with Crippen molar-refractivity contribution in [3.8, 4) is 0 Å². The Morgan fingerprint density at radius 3 is 3.05 bits per heavy atom. The van der Waals surface area contributed by atoms with E-state index in [2.05, 4.69) is 34.6 Å². The fraction of sp³-hybridized carbons (Fsp3) is 0.438. The van der Waals surface area contributed by atoms with Gasteiger partial charge in [-0.2, -0.15) is 0 Å². The molecule has 3 rings (SSSR count). The number of fused-ring (bicyclic) bond motifs is 1. The van der Waals surface area contributed by atoms with Crippen molar-refractivity contribution in [2.75, 3.05) is 13.2 Å². The van der Waals surface area contributed by atoms with Crippen LogP contribution in [-0.4, -0.2) is 24.2 Å². The van der Waals surface area contributed by atoms with Crippen molar-refractivity contribution in [2.24, 2.45) is 0 Å². The minimum absolute atomic E-state index is 0.391. The zero-order valence-corrected chi connectivity index (χ0v) is 11.1. The summed E-state index contributed by atoms with van der Waals surface area (Å²) in [6.45, 7) is 2.74. The van der Waals surface area contributed by atoms with E-state index in [0.29, 0.717) is 6.10 Å². The van der Waals surface area contributed by atoms with Crippen LogP contribution < -0.4 is 5.32 Å². The predicted octanol–water partition coefficient (Wildman–Crippen LogP) is 2.89. The summed E-state index contributed by atoms with van der Waals surface area (Å²) in [7, 11) is 0. The van der Waals surface area contributed by atoms with Crippen LogP contribution in [0.15, 0.2) is 36.5 Å². The fourth-order valence-corrected chi connectivity index (χ4v) is 2.65. The average Bonchev–Trinajstić information content (AvgIpc) is 2.49. The van der Waals surface area contributed by atoms with E-state index in [0.717, 1.165) is 25.2 Å². The molecule has 0 aliphatic carbocycles. The van der Waals surface area contributed by atoms with Crippen molar-refractivity contribution in [3.05, 3.63) is 42.1 Å². The normalized spacial score (nSPS) is 19.7. The summed E-state index contributed by atoms with van der Waals surface area (Å²) in [4.78, 5) is 4.39. The van der Waals surface area contributed by atoms with Crippen LogP contribution in [0.1, 0.15) is 24.8 Å². The van der Waals surface area contributed by atoms with Crippen LogP contribution in [0.2, 0.25) is 0 Å². The number of aromatic nitrogens is 1. The first-order chi connectivity index (χ1) is 9.43. The number of hydrogen-bond acceptors (Lipinski definition) is 3. The molecule has 1 aromatic carbocycles. The summed E-state index contributed by atoms with van der Waals surface area (Å²) in [5.41, 5.74) is 2.37. The topological polar surface area (TPSA) is 34.1 Å². The van der Waals surface area contributed by atoms with Crippen molar-refractivity contribution >= 4 is 10.9 Å². The molecule has 2 aromatic rings. The number of pyridine rings is 1. The molecule has 0 radical (unpaired) electrons. The molecule has 1 aliphatic heterocycles. The Kier molecular flexibility index (Phi) is 4.06. The van der Waals surface area contributed by atoms with Crippen LogP contribution in [0.3, 0.4) is 0 Å². The summed E-state index contributed by atoms with van der Waals surface area (Å²) < 4.78 is 5.73. The summed E-state index contributed by atoms with van der Waals surface area (Å²) in [6, 6.07) is 10.4. The van der Waals surface area contributed by atoms with E-state index in [4.69, 9.17) is 4.74 Å². The number of benzene rings is 1. The molecule has 0 spiro atoms. The molecule has 1 N–H and O–H groups in total. The molecule has 0 amide bonds. The predicted molar refractivity (Wildman–Crippen MR) is 77.0 cm³/mol. The summed E-state index contributed by atoms with van der Waals surface area (Å²) in [5.74, 6) is 0. The van der Waals surface area contributed by atoms with Gasteiger partial charge in [-0.3, -0.25) is 4.98 Å². The molecule has 1 aromatic heterocycles. The van der Waals surface area contributed by atoms with Crippen molar-refractivity contribution in [2.45, 2.75) is 31.9 Å². The lowest BCUT2D eigenvalue weighted by Crippen LogP contribution is -2.31. The first-order valence-electron chi connectivity index (χ1n) is 7.08. The number of hydrogen-bond donors (Lipinski definition) is 1. The van der Waals surface area contributed by atoms with E-state index < -0.39 is 0 Å². The first-order valence-corrected chi connectivity index (χ1v) is 7.08. The first kappa shape index (κ1) is 12.6. The van der Waals surface area contributed by atoms with Gasteiger partial charge in [-0.25, -0.2) is 0 Å². The lowest BCUT2D eigenvalue weighted by atomic mass is 10.1. The molecule has 1 atom stereocenters. The summed E-state index contributed by atoms with van der Waals surface area (Å²) in [5, 5.41) is 4.75. The maximum absolute atomic E-state index is 5.73. The highest BCUT2D eigenvalue weighted by Gasteiger charge is 2.13. The van der Waals surface area contributed by atoms with Gasteiger partial charge in [0.25, 0.3) is 0 Å². The monoisotopic (exact) mass is 256 g/mol. The van der Waals surface area contributed by atoms with Gasteiger partial charge in [-0.1, -0.05) is 18.2 Å². The van der Waals surface area contributed by atoms with Crippen LogP contribution in [-0.2, 0) is 11.3 Å². The molecule has 19 heavy (non-hydrogen) atoms. The zero-order chi connectivity index (χ0) is 12.9. The Labute approximate surface area is 114 Å². The van der Waals surface area contributed by atoms with E-state index in [1.54, 1.807) is 0 Å². The molecular formula is C16H20N2O. The number of nitrogens with one attached hydrogen (secondary N) is 1. The van der Waals surface area contributed by atoms with Gasteiger partial charge in [0.2, 0.25) is 0 Å². The SMILES string of the molecule is c1ccc2c(CNCC3CCCCO3)ccnc2c1. The molecule has 1 saturated heterocycles. The van der Waals surface area contributed by atoms with Crippen LogP contribution in [0, 0.1) is 0 Å². The van der Waals surface area contributed by atoms with Crippen LogP contribution >= 0.6 is 0 Å². The lowest BCUT2D eigenvalue weighted by Gasteiger charge is -2.22. The van der Waals surface area contributed by atoms with Gasteiger partial charge in [0, 0.05) is 31.3 Å². The van der Waals surface area contributed by atoms with Gasteiger partial charge in [0.05, 0.1) is 11.6 Å². The highest BCUT2D eigenvalue weighted by Crippen LogP contribution is 2.16. The smallest absolute Gasteiger partial charge is 0.0705 e. The molecule has 1 fully saturated rings. The van der Waals surface area contributed by atoms with Crippen LogP contribution in [0.25, 0.3) is 10.9 Å². The number of ether oxygens (including phenoxy) is 1. The molecule has 1 aliphatic rings. The third-order valence-electron chi connectivity index (χ3n) is 3.70. The molecule has 3 heteroatoms. The molecule has 2 heterocycles. The van der Waals surface area contributed by atoms with Gasteiger partial charge in [-0.15, -0.1) is 0 Å². The van der Waals surface area contributed by atoms with E-state index >= 15 is 0 Å². The Balaban J connectivity index is 1.62. The Morgan fingerprint density at radius 2 is 2.16 bits per heavy atom. The van der Waals surface area contributed by atoms with Gasteiger partial charge in [0.1, 0.15) is 0 Å². The average molecular weight is 256 g/mol. The second kappa shape index (κ2) is 6.13. The Bertz CT molecular complexity index is 530. The van der Waals surface area contributed by atoms with Gasteiger partial charge < -0.3 is 10.1 Å². The largest absolute Gasteiger partial charge is 0.377 e. The molecular weight excluding hydrogens is 236 g/mol. The van der Waals surface area contributed by atoms with E-state index in [9.17, 15) is 0 Å². The molecule has 0 bridgehead atoms. The Hall–Kier alpha value is -1.45. The van der Waals surface area contributed by atoms with Crippen LogP contribution in [0.4, 0.5) is 0 Å². The van der Waals surface area contributed by atoms with E-state index in [1.807, 2.05) is 12.3 Å². The number of rotatable bonds is 4. The minimum atomic E-state index is 0.391. The lowest BCUT2D eigenvalue weighted by molar-refractivity contribution is 0.0168. The van der Waals surface area contributed by atoms with E-state index in [-0.39, 0.29) is 0 Å². The highest BCUT2D eigenvalue weighted by molar-refractivity contribution is 5.81. The third kappa shape index (κ3) is 3.11. The van der Waals surface area contributed by atoms with Gasteiger partial charge in [0.15, 0.2) is 0 Å². The van der Waals surface area contributed by atoms with E-state index in [1.165, 1.54) is 30.2 Å². The fourth-order valence-electron chi connectivity index (χ4n) is 2.65. The van der Waals surface area contributed by atoms with Crippen LogP contribution in [0.5, 0.6) is 0 Å². The third-order valence-corrected chi connectivity index (χ3v) is 3.70. The molecule has 100 valence electrons. The van der Waals surface area contributed by atoms with Crippen molar-refractivity contribution < 1.29 is 4.74 Å². The minimum Gasteiger partial charge on any atom is -0.377 e. The summed E-state index contributed by atoms with van der Waals surface area (Å²) in [6.07, 6.45) is 5.97. The zero-order valence-electron chi connectivity index (χ0n) is 11.1. The number of para-hydroxylation sites is 1. The van der Waals surface area contributed by atoms with Gasteiger partial charge in [-0.05, 0) is 37.0 Å². The molecule has 3 nitrogen and oxygen atoms in total. The van der Waals surface area contributed by atoms with Gasteiger partial charge >= 0.3 is 0 Å². The second-order valence-electron chi connectivity index (χ2n) is 5.11. The van der Waals surface area contributed by atoms with Crippen molar-refractivity contribution in [3.63, 3.8) is 0 Å². The summed E-state index contributed by atoms with van der Waals surface area (Å²) >= 11 is 0. The second-order valence-corrected chi connectivity index (χ2v) is 5.11. The molecule has 0 saturated carbocycles. The highest BCUT2D eigenvalue weighted by atomic mass is 16.5. The molecule has 1 unspecified atom stereocenters. The standard InChI is InChI=1S/C16H20N2O/c1-2-7-16-15(6-1)13(8-9-18-16)11-17-12-14-5-3-4-10-19-14/h1-2,6-9,14,17H,3-5,10-12H2. The number of nitrogens with zero attached hydrogens (tertiary/aromatic N) is 1. The maximum atomic E-state index is 5.73. The van der Waals surface area contributed by atoms with Crippen molar-refractivity contribution in [1.82, 2.24) is 10.3 Å².